The predicted molar refractivity (Wildman–Crippen MR) is 136 cm³/mol. The van der Waals surface area contributed by atoms with E-state index < -0.39 is 41.2 Å². The number of likely N-dealkylation sites (tertiary alicyclic amines) is 1. The number of hydroxylamine groups is 1. The molecule has 0 spiro atoms. The van der Waals surface area contributed by atoms with Crippen LogP contribution in [0.2, 0.25) is 0 Å². The Balaban J connectivity index is 1.38. The number of pyridine rings is 1. The third-order valence-electron chi connectivity index (χ3n) is 7.52. The molecule has 2 heterocycles. The lowest BCUT2D eigenvalue weighted by molar-refractivity contribution is -0.143. The van der Waals surface area contributed by atoms with Crippen LogP contribution in [0.1, 0.15) is 36.8 Å². The van der Waals surface area contributed by atoms with Crippen LogP contribution in [-0.4, -0.2) is 54.3 Å². The highest BCUT2D eigenvalue weighted by Crippen LogP contribution is 2.38. The molecule has 0 unspecified atom stereocenters. The number of hydrogen-bond acceptors (Lipinski definition) is 6. The minimum absolute atomic E-state index is 0.0245. The fourth-order valence-electron chi connectivity index (χ4n) is 5.27. The van der Waals surface area contributed by atoms with Crippen LogP contribution in [-0.2, 0) is 17.9 Å². The van der Waals surface area contributed by atoms with Crippen molar-refractivity contribution < 1.29 is 37.0 Å². The minimum atomic E-state index is -1.11. The quantitative estimate of drug-likeness (QED) is 0.196. The molecule has 1 aliphatic heterocycles. The number of amides is 1. The van der Waals surface area contributed by atoms with Gasteiger partial charge in [-0.3, -0.25) is 19.9 Å². The fraction of sp³-hybridized carbons (Fsp3) is 0.429. The highest BCUT2D eigenvalue weighted by molar-refractivity contribution is 5.84. The molecule has 0 radical (unpaired) electrons. The van der Waals surface area contributed by atoms with Crippen molar-refractivity contribution in [1.82, 2.24) is 15.4 Å². The Bertz CT molecular complexity index is 1290. The lowest BCUT2D eigenvalue weighted by Gasteiger charge is -2.40. The Hall–Kier alpha value is -3.44. The second kappa shape index (κ2) is 12.6. The lowest BCUT2D eigenvalue weighted by Crippen LogP contribution is -2.49. The number of piperidine rings is 1. The van der Waals surface area contributed by atoms with Crippen molar-refractivity contribution in [1.29, 1.82) is 0 Å². The van der Waals surface area contributed by atoms with Crippen molar-refractivity contribution in [2.45, 2.75) is 38.8 Å². The molecule has 0 atom stereocenters. The Morgan fingerprint density at radius 2 is 1.87 bits per heavy atom. The van der Waals surface area contributed by atoms with E-state index in [-0.39, 0.29) is 6.61 Å². The maximum Gasteiger partial charge on any atom is 0.249 e. The van der Waals surface area contributed by atoms with Crippen molar-refractivity contribution in [3.63, 3.8) is 0 Å². The zero-order valence-electron chi connectivity index (χ0n) is 21.6. The van der Waals surface area contributed by atoms with Crippen molar-refractivity contribution >= 4 is 16.8 Å². The fourth-order valence-corrected chi connectivity index (χ4v) is 5.27. The molecule has 39 heavy (non-hydrogen) atoms. The molecule has 2 aromatic carbocycles. The standard InChI is InChI=1S/C28H31F4N3O4/c1-38-20-4-5-25-22(15-20)21(18(16-29)17-33-25)3-2-6-28(27(36)34-37)7-9-35(10-8-28)11-12-39-26-23(31)13-19(30)14-24(26)32/h4-5,13-15,17,37H,2-3,6-12,16H2,1H3,(H,34,36). The van der Waals surface area contributed by atoms with Gasteiger partial charge in [0.05, 0.1) is 18.0 Å². The number of nitrogens with zero attached hydrogens (tertiary/aromatic N) is 2. The lowest BCUT2D eigenvalue weighted by atomic mass is 9.73. The van der Waals surface area contributed by atoms with Gasteiger partial charge in [-0.05, 0) is 69.0 Å². The number of aryl methyl sites for hydroxylation is 1. The van der Waals surface area contributed by atoms with E-state index in [1.54, 1.807) is 18.7 Å². The molecule has 1 amide bonds. The van der Waals surface area contributed by atoms with Crippen LogP contribution >= 0.6 is 0 Å². The van der Waals surface area contributed by atoms with Gasteiger partial charge in [0.15, 0.2) is 17.4 Å². The van der Waals surface area contributed by atoms with Crippen LogP contribution in [0.5, 0.6) is 11.5 Å². The van der Waals surface area contributed by atoms with Crippen LogP contribution in [0.4, 0.5) is 17.6 Å². The molecule has 1 saturated heterocycles. The molecule has 1 fully saturated rings. The summed E-state index contributed by atoms with van der Waals surface area (Å²) in [6.07, 6.45) is 3.97. The van der Waals surface area contributed by atoms with Crippen molar-refractivity contribution in [2.75, 3.05) is 33.4 Å². The number of ether oxygens (including phenoxy) is 2. The second-order valence-corrected chi connectivity index (χ2v) is 9.74. The maximum absolute atomic E-state index is 13.8. The zero-order chi connectivity index (χ0) is 28.0. The Kier molecular flexibility index (Phi) is 9.24. The Labute approximate surface area is 223 Å². The van der Waals surface area contributed by atoms with Gasteiger partial charge in [-0.2, -0.15) is 0 Å². The first-order chi connectivity index (χ1) is 18.8. The summed E-state index contributed by atoms with van der Waals surface area (Å²) in [5.41, 5.74) is 3.01. The van der Waals surface area contributed by atoms with E-state index >= 15 is 0 Å². The van der Waals surface area contributed by atoms with Crippen LogP contribution in [0.25, 0.3) is 10.9 Å². The SMILES string of the molecule is COc1ccc2ncc(CF)c(CCCC3(C(=O)NO)CCN(CCOc4c(F)cc(F)cc4F)CC3)c2c1. The number of benzene rings is 2. The van der Waals surface area contributed by atoms with Crippen LogP contribution < -0.4 is 15.0 Å². The van der Waals surface area contributed by atoms with Crippen molar-refractivity contribution in [3.05, 3.63) is 65.1 Å². The molecular formula is C28H31F4N3O4. The monoisotopic (exact) mass is 549 g/mol. The number of carbonyl (C=O) groups is 1. The van der Waals surface area contributed by atoms with Gasteiger partial charge >= 0.3 is 0 Å². The van der Waals surface area contributed by atoms with Crippen molar-refractivity contribution in [2.24, 2.45) is 5.41 Å². The maximum atomic E-state index is 13.8. The normalized spacial score (nSPS) is 15.3. The van der Waals surface area contributed by atoms with E-state index in [4.69, 9.17) is 9.47 Å². The molecule has 1 aromatic heterocycles. The summed E-state index contributed by atoms with van der Waals surface area (Å²) < 4.78 is 65.0. The van der Waals surface area contributed by atoms with E-state index in [0.29, 0.717) is 75.2 Å². The number of methoxy groups -OCH3 is 1. The number of halogens is 4. The molecule has 210 valence electrons. The smallest absolute Gasteiger partial charge is 0.249 e. The van der Waals surface area contributed by atoms with E-state index in [2.05, 4.69) is 4.98 Å². The molecule has 0 bridgehead atoms. The molecule has 11 heteroatoms. The van der Waals surface area contributed by atoms with Crippen LogP contribution in [0.3, 0.4) is 0 Å². The molecule has 0 saturated carbocycles. The van der Waals surface area contributed by atoms with E-state index in [1.165, 1.54) is 6.20 Å². The molecule has 1 aliphatic rings. The summed E-state index contributed by atoms with van der Waals surface area (Å²) in [4.78, 5) is 19.1. The first-order valence-electron chi connectivity index (χ1n) is 12.7. The average molecular weight is 550 g/mol. The molecular weight excluding hydrogens is 518 g/mol. The van der Waals surface area contributed by atoms with Gasteiger partial charge in [0.25, 0.3) is 0 Å². The van der Waals surface area contributed by atoms with Gasteiger partial charge in [0.2, 0.25) is 5.91 Å². The van der Waals surface area contributed by atoms with Gasteiger partial charge in [-0.15, -0.1) is 0 Å². The number of nitrogens with one attached hydrogen (secondary N) is 1. The summed E-state index contributed by atoms with van der Waals surface area (Å²) in [5, 5.41) is 10.3. The third-order valence-corrected chi connectivity index (χ3v) is 7.52. The van der Waals surface area contributed by atoms with Gasteiger partial charge in [0.1, 0.15) is 24.8 Å². The molecule has 4 rings (SSSR count). The summed E-state index contributed by atoms with van der Waals surface area (Å²) in [5.74, 6) is -3.71. The predicted octanol–water partition coefficient (Wildman–Crippen LogP) is 5.12. The zero-order valence-corrected chi connectivity index (χ0v) is 21.6. The highest BCUT2D eigenvalue weighted by Gasteiger charge is 2.40. The molecule has 2 N–H and O–H groups in total. The van der Waals surface area contributed by atoms with E-state index in [0.717, 1.165) is 16.5 Å². The summed E-state index contributed by atoms with van der Waals surface area (Å²) in [7, 11) is 1.56. The largest absolute Gasteiger partial charge is 0.497 e. The van der Waals surface area contributed by atoms with Gasteiger partial charge in [-0.1, -0.05) is 0 Å². The average Bonchev–Trinajstić information content (AvgIpc) is 2.94. The minimum Gasteiger partial charge on any atom is -0.497 e. The van der Waals surface area contributed by atoms with Crippen LogP contribution in [0, 0.1) is 22.9 Å². The number of carbonyl (C=O) groups excluding carboxylic acids is 1. The highest BCUT2D eigenvalue weighted by atomic mass is 19.1. The second-order valence-electron chi connectivity index (χ2n) is 9.74. The Morgan fingerprint density at radius 3 is 2.51 bits per heavy atom. The van der Waals surface area contributed by atoms with Crippen molar-refractivity contribution in [3.8, 4) is 11.5 Å². The number of rotatable bonds is 11. The Morgan fingerprint density at radius 1 is 1.15 bits per heavy atom. The number of aromatic nitrogens is 1. The van der Waals surface area contributed by atoms with E-state index in [9.17, 15) is 27.6 Å². The molecule has 3 aromatic rings. The van der Waals surface area contributed by atoms with Crippen LogP contribution in [0.15, 0.2) is 36.5 Å². The number of fused-ring (bicyclic) bond motifs is 1. The first kappa shape index (κ1) is 28.6. The van der Waals surface area contributed by atoms with Gasteiger partial charge in [0, 0.05) is 35.8 Å². The number of alkyl halides is 1. The summed E-state index contributed by atoms with van der Waals surface area (Å²) in [6.45, 7) is 0.647. The summed E-state index contributed by atoms with van der Waals surface area (Å²) >= 11 is 0. The third kappa shape index (κ3) is 6.42. The topological polar surface area (TPSA) is 83.9 Å². The molecule has 7 nitrogen and oxygen atoms in total. The van der Waals surface area contributed by atoms with E-state index in [1.807, 2.05) is 17.0 Å². The van der Waals surface area contributed by atoms with Gasteiger partial charge < -0.3 is 9.47 Å². The molecule has 0 aliphatic carbocycles. The summed E-state index contributed by atoms with van der Waals surface area (Å²) in [6, 6.07) is 6.56. The first-order valence-corrected chi connectivity index (χ1v) is 12.7. The number of hydrogen-bond donors (Lipinski definition) is 2. The van der Waals surface area contributed by atoms with Gasteiger partial charge in [-0.25, -0.2) is 23.0 Å².